The van der Waals surface area contributed by atoms with Gasteiger partial charge in [-0.1, -0.05) is 43.2 Å². The molecule has 3 rings (SSSR count). The minimum absolute atomic E-state index is 0.0213. The van der Waals surface area contributed by atoms with Crippen molar-refractivity contribution in [3.05, 3.63) is 42.5 Å². The van der Waals surface area contributed by atoms with Crippen LogP contribution in [-0.2, 0) is 19.6 Å². The SMILES string of the molecule is NNC=NCCCCCCC(=O)NCC1CCCN1C(=O)C(CO)NS(=O)(=O)c1ccc2ccccc2c1. The van der Waals surface area contributed by atoms with Crippen LogP contribution in [0.1, 0.15) is 44.9 Å². The number of carbonyl (C=O) groups excluding carboxylic acids is 2. The standard InChI is InChI=1S/C26H38N6O5S/c27-30-19-28-14-6-2-1-3-11-25(34)29-17-22-10-7-15-32(22)26(35)24(18-33)31-38(36,37)23-13-12-20-8-4-5-9-21(20)16-23/h4-5,8-9,12-13,16,19,22,24,31,33H,1-3,6-7,10-11,14-15,17-18,27H2,(H,28,30)(H,29,34). The van der Waals surface area contributed by atoms with E-state index in [1.807, 2.05) is 24.3 Å². The molecule has 38 heavy (non-hydrogen) atoms. The van der Waals surface area contributed by atoms with Gasteiger partial charge in [-0.2, -0.15) is 4.72 Å². The van der Waals surface area contributed by atoms with Gasteiger partial charge >= 0.3 is 0 Å². The first-order chi connectivity index (χ1) is 18.4. The number of amides is 2. The minimum Gasteiger partial charge on any atom is -0.394 e. The molecule has 0 radical (unpaired) electrons. The minimum atomic E-state index is -4.05. The van der Waals surface area contributed by atoms with E-state index in [1.165, 1.54) is 18.5 Å². The molecular weight excluding hydrogens is 508 g/mol. The van der Waals surface area contributed by atoms with E-state index in [9.17, 15) is 23.1 Å². The van der Waals surface area contributed by atoms with Gasteiger partial charge in [-0.05, 0) is 48.6 Å². The van der Waals surface area contributed by atoms with E-state index in [0.29, 0.717) is 32.5 Å². The Morgan fingerprint density at radius 1 is 1.13 bits per heavy atom. The molecule has 1 fully saturated rings. The Balaban J connectivity index is 1.49. The summed E-state index contributed by atoms with van der Waals surface area (Å²) in [5.74, 6) is 4.53. The van der Waals surface area contributed by atoms with E-state index in [1.54, 1.807) is 11.0 Å². The first kappa shape index (κ1) is 29.5. The van der Waals surface area contributed by atoms with Crippen molar-refractivity contribution in [1.29, 1.82) is 0 Å². The Morgan fingerprint density at radius 3 is 2.66 bits per heavy atom. The van der Waals surface area contributed by atoms with Crippen molar-refractivity contribution in [2.45, 2.75) is 61.9 Å². The molecule has 0 spiro atoms. The third-order valence-corrected chi connectivity index (χ3v) is 8.08. The van der Waals surface area contributed by atoms with Gasteiger partial charge in [-0.3, -0.25) is 14.6 Å². The molecule has 1 aliphatic rings. The number of rotatable bonds is 15. The number of nitrogens with two attached hydrogens (primary N) is 1. The Kier molecular flexibility index (Phi) is 11.5. The second-order valence-corrected chi connectivity index (χ2v) is 11.1. The number of aliphatic hydroxyl groups is 1. The average molecular weight is 547 g/mol. The van der Waals surface area contributed by atoms with Crippen LogP contribution in [0.3, 0.4) is 0 Å². The summed E-state index contributed by atoms with van der Waals surface area (Å²) in [6, 6.07) is 10.5. The lowest BCUT2D eigenvalue weighted by molar-refractivity contribution is -0.135. The number of benzene rings is 2. The predicted molar refractivity (Wildman–Crippen MR) is 147 cm³/mol. The average Bonchev–Trinajstić information content (AvgIpc) is 3.40. The molecule has 2 aromatic rings. The Morgan fingerprint density at radius 2 is 1.89 bits per heavy atom. The molecule has 2 atom stereocenters. The number of nitrogens with one attached hydrogen (secondary N) is 3. The maximum Gasteiger partial charge on any atom is 0.243 e. The van der Waals surface area contributed by atoms with E-state index in [4.69, 9.17) is 5.84 Å². The first-order valence-corrected chi connectivity index (χ1v) is 14.5. The maximum absolute atomic E-state index is 13.2. The van der Waals surface area contributed by atoms with E-state index < -0.39 is 28.6 Å². The molecule has 11 nitrogen and oxygen atoms in total. The molecule has 208 valence electrons. The zero-order chi connectivity index (χ0) is 27.4. The predicted octanol–water partition coefficient (Wildman–Crippen LogP) is 1.03. The van der Waals surface area contributed by atoms with Gasteiger partial charge in [-0.25, -0.2) is 14.3 Å². The van der Waals surface area contributed by atoms with Crippen molar-refractivity contribution in [2.75, 3.05) is 26.2 Å². The second kappa shape index (κ2) is 14.8. The second-order valence-electron chi connectivity index (χ2n) is 9.36. The highest BCUT2D eigenvalue weighted by atomic mass is 32.2. The number of likely N-dealkylation sites (tertiary alicyclic amines) is 1. The molecule has 2 unspecified atom stereocenters. The first-order valence-electron chi connectivity index (χ1n) is 13.0. The van der Waals surface area contributed by atoms with Crippen LogP contribution in [-0.4, -0.2) is 74.9 Å². The number of sulfonamides is 1. The van der Waals surface area contributed by atoms with Gasteiger partial charge in [0.25, 0.3) is 0 Å². The summed E-state index contributed by atoms with van der Waals surface area (Å²) in [6.07, 6.45) is 6.87. The lowest BCUT2D eigenvalue weighted by Gasteiger charge is -2.28. The molecule has 1 heterocycles. The van der Waals surface area contributed by atoms with Crippen molar-refractivity contribution >= 4 is 38.9 Å². The largest absolute Gasteiger partial charge is 0.394 e. The molecule has 0 bridgehead atoms. The molecule has 12 heteroatoms. The van der Waals surface area contributed by atoms with Gasteiger partial charge in [0, 0.05) is 32.1 Å². The normalized spacial score (nSPS) is 16.7. The third kappa shape index (κ3) is 8.48. The number of hydrogen-bond donors (Lipinski definition) is 5. The summed E-state index contributed by atoms with van der Waals surface area (Å²) >= 11 is 0. The topological polar surface area (TPSA) is 166 Å². The Hall–Kier alpha value is -3.06. The third-order valence-electron chi connectivity index (χ3n) is 6.61. The van der Waals surface area contributed by atoms with Crippen LogP contribution >= 0.6 is 0 Å². The van der Waals surface area contributed by atoms with Crippen LogP contribution in [0, 0.1) is 0 Å². The Labute approximate surface area is 223 Å². The van der Waals surface area contributed by atoms with Gasteiger partial charge in [0.15, 0.2) is 0 Å². The molecule has 6 N–H and O–H groups in total. The lowest BCUT2D eigenvalue weighted by Crippen LogP contribution is -2.53. The lowest BCUT2D eigenvalue weighted by atomic mass is 10.1. The van der Waals surface area contributed by atoms with Gasteiger partial charge in [0.05, 0.1) is 17.8 Å². The van der Waals surface area contributed by atoms with Crippen molar-refractivity contribution in [1.82, 2.24) is 20.4 Å². The molecule has 2 aromatic carbocycles. The van der Waals surface area contributed by atoms with Gasteiger partial charge < -0.3 is 20.7 Å². The summed E-state index contributed by atoms with van der Waals surface area (Å²) in [6.45, 7) is 0.751. The molecule has 0 aromatic heterocycles. The zero-order valence-electron chi connectivity index (χ0n) is 21.5. The quantitative estimate of drug-likeness (QED) is 0.0731. The number of fused-ring (bicyclic) bond motifs is 1. The fourth-order valence-electron chi connectivity index (χ4n) is 4.57. The van der Waals surface area contributed by atoms with Crippen molar-refractivity contribution < 1.29 is 23.1 Å². The number of nitrogens with zero attached hydrogens (tertiary/aromatic N) is 2. The maximum atomic E-state index is 13.2. The number of unbranched alkanes of at least 4 members (excludes halogenated alkanes) is 3. The summed E-state index contributed by atoms with van der Waals surface area (Å²) in [5.41, 5.74) is 2.35. The van der Waals surface area contributed by atoms with Gasteiger partial charge in [0.2, 0.25) is 21.8 Å². The smallest absolute Gasteiger partial charge is 0.243 e. The fourth-order valence-corrected chi connectivity index (χ4v) is 5.79. The van der Waals surface area contributed by atoms with Crippen LogP contribution in [0.5, 0.6) is 0 Å². The van der Waals surface area contributed by atoms with Crippen molar-refractivity contribution in [2.24, 2.45) is 10.8 Å². The summed E-state index contributed by atoms with van der Waals surface area (Å²) in [4.78, 5) is 31.1. The number of carbonyl (C=O) groups is 2. The highest BCUT2D eigenvalue weighted by Gasteiger charge is 2.35. The van der Waals surface area contributed by atoms with Crippen LogP contribution < -0.4 is 21.3 Å². The number of hydrazine groups is 1. The van der Waals surface area contributed by atoms with E-state index in [2.05, 4.69) is 20.5 Å². The highest BCUT2D eigenvalue weighted by Crippen LogP contribution is 2.21. The molecule has 0 saturated carbocycles. The molecule has 1 aliphatic heterocycles. The number of hydrogen-bond acceptors (Lipinski definition) is 7. The van der Waals surface area contributed by atoms with Crippen molar-refractivity contribution in [3.8, 4) is 0 Å². The van der Waals surface area contributed by atoms with Gasteiger partial charge in [-0.15, -0.1) is 0 Å². The Bertz CT molecular complexity index is 1210. The van der Waals surface area contributed by atoms with Crippen LogP contribution in [0.4, 0.5) is 0 Å². The van der Waals surface area contributed by atoms with Crippen LogP contribution in [0.25, 0.3) is 10.8 Å². The monoisotopic (exact) mass is 546 g/mol. The van der Waals surface area contributed by atoms with Gasteiger partial charge in [0.1, 0.15) is 6.04 Å². The fraction of sp³-hybridized carbons (Fsp3) is 0.500. The zero-order valence-corrected chi connectivity index (χ0v) is 22.3. The summed E-state index contributed by atoms with van der Waals surface area (Å²) < 4.78 is 28.4. The van der Waals surface area contributed by atoms with Crippen LogP contribution in [0.2, 0.25) is 0 Å². The number of aliphatic imine (C=N–C) groups is 1. The summed E-state index contributed by atoms with van der Waals surface area (Å²) in [7, 11) is -4.05. The van der Waals surface area contributed by atoms with Crippen molar-refractivity contribution in [3.63, 3.8) is 0 Å². The van der Waals surface area contributed by atoms with E-state index in [0.717, 1.165) is 42.9 Å². The molecule has 1 saturated heterocycles. The van der Waals surface area contributed by atoms with E-state index in [-0.39, 0.29) is 16.8 Å². The van der Waals surface area contributed by atoms with E-state index >= 15 is 0 Å². The molecule has 0 aliphatic carbocycles. The molecule has 2 amide bonds. The van der Waals surface area contributed by atoms with Crippen LogP contribution in [0.15, 0.2) is 52.4 Å². The highest BCUT2D eigenvalue weighted by molar-refractivity contribution is 7.89. The number of aliphatic hydroxyl groups excluding tert-OH is 1. The summed E-state index contributed by atoms with van der Waals surface area (Å²) in [5, 5.41) is 14.4. The molecular formula is C26H38N6O5S.